The molecule has 4 nitrogen and oxygen atoms in total. The molecule has 0 amide bonds. The minimum Gasteiger partial charge on any atom is -0.316 e. The number of nitrogens with one attached hydrogen (secondary N) is 1. The molecule has 4 heteroatoms. The summed E-state index contributed by atoms with van der Waals surface area (Å²) in [5.41, 5.74) is 1.06. The quantitative estimate of drug-likeness (QED) is 0.469. The van der Waals surface area contributed by atoms with Crippen LogP contribution in [-0.4, -0.2) is 18.0 Å². The molecule has 20 heavy (non-hydrogen) atoms. The summed E-state index contributed by atoms with van der Waals surface area (Å²) in [5, 5.41) is 14.3. The summed E-state index contributed by atoms with van der Waals surface area (Å²) in [5.74, 6) is 0.891. The standard InChI is InChI=1S/C16H24N2O2/c19-18(20)16-9-5-4-8-15(16)11-13-17-12-10-14-6-2-1-3-7-14/h4-5,8-9,14,17H,1-3,6-7,10-13H2. The van der Waals surface area contributed by atoms with E-state index >= 15 is 0 Å². The van der Waals surface area contributed by atoms with Crippen LogP contribution in [0.2, 0.25) is 0 Å². The summed E-state index contributed by atoms with van der Waals surface area (Å²) in [4.78, 5) is 10.6. The molecule has 1 aromatic rings. The van der Waals surface area contributed by atoms with Crippen LogP contribution in [0.3, 0.4) is 0 Å². The molecule has 0 spiro atoms. The van der Waals surface area contributed by atoms with Gasteiger partial charge in [0.25, 0.3) is 5.69 Å². The van der Waals surface area contributed by atoms with Gasteiger partial charge >= 0.3 is 0 Å². The van der Waals surface area contributed by atoms with Crippen LogP contribution in [0.1, 0.15) is 44.1 Å². The zero-order valence-electron chi connectivity index (χ0n) is 12.0. The molecule has 110 valence electrons. The summed E-state index contributed by atoms with van der Waals surface area (Å²) in [6.07, 6.45) is 8.92. The molecule has 0 atom stereocenters. The molecule has 0 bridgehead atoms. The molecule has 0 unspecified atom stereocenters. The van der Waals surface area contributed by atoms with Crippen molar-refractivity contribution in [3.05, 3.63) is 39.9 Å². The second-order valence-electron chi connectivity index (χ2n) is 5.68. The van der Waals surface area contributed by atoms with E-state index in [0.717, 1.165) is 31.0 Å². The monoisotopic (exact) mass is 276 g/mol. The van der Waals surface area contributed by atoms with Gasteiger partial charge < -0.3 is 5.32 Å². The number of hydrogen-bond acceptors (Lipinski definition) is 3. The van der Waals surface area contributed by atoms with Crippen molar-refractivity contribution in [2.75, 3.05) is 13.1 Å². The van der Waals surface area contributed by atoms with Crippen LogP contribution in [0, 0.1) is 16.0 Å². The highest BCUT2D eigenvalue weighted by atomic mass is 16.6. The van der Waals surface area contributed by atoms with Gasteiger partial charge in [0.2, 0.25) is 0 Å². The van der Waals surface area contributed by atoms with Gasteiger partial charge in [-0.05, 0) is 31.8 Å². The van der Waals surface area contributed by atoms with Gasteiger partial charge in [0.1, 0.15) is 0 Å². The van der Waals surface area contributed by atoms with Crippen molar-refractivity contribution < 1.29 is 4.92 Å². The van der Waals surface area contributed by atoms with Crippen LogP contribution in [0.4, 0.5) is 5.69 Å². The molecule has 1 N–H and O–H groups in total. The first kappa shape index (κ1) is 15.0. The van der Waals surface area contributed by atoms with Gasteiger partial charge in [-0.2, -0.15) is 0 Å². The van der Waals surface area contributed by atoms with Gasteiger partial charge in [0.15, 0.2) is 0 Å². The Bertz CT molecular complexity index is 428. The zero-order chi connectivity index (χ0) is 14.2. The first-order chi connectivity index (χ1) is 9.77. The fourth-order valence-electron chi connectivity index (χ4n) is 3.03. The Labute approximate surface area is 120 Å². The maximum Gasteiger partial charge on any atom is 0.272 e. The number of benzene rings is 1. The van der Waals surface area contributed by atoms with Gasteiger partial charge in [-0.3, -0.25) is 10.1 Å². The topological polar surface area (TPSA) is 55.2 Å². The third-order valence-corrected chi connectivity index (χ3v) is 4.21. The lowest BCUT2D eigenvalue weighted by Gasteiger charge is -2.21. The summed E-state index contributed by atoms with van der Waals surface area (Å²) in [6.45, 7) is 1.85. The number of hydrogen-bond donors (Lipinski definition) is 1. The zero-order valence-corrected chi connectivity index (χ0v) is 12.0. The smallest absolute Gasteiger partial charge is 0.272 e. The third kappa shape index (κ3) is 4.60. The predicted molar refractivity (Wildman–Crippen MR) is 80.9 cm³/mol. The number of nitro groups is 1. The van der Waals surface area contributed by atoms with E-state index < -0.39 is 0 Å². The van der Waals surface area contributed by atoms with Crippen LogP contribution in [0.5, 0.6) is 0 Å². The Kier molecular flexibility index (Phi) is 5.99. The molecule has 0 radical (unpaired) electrons. The van der Waals surface area contributed by atoms with E-state index in [1.54, 1.807) is 12.1 Å². The largest absolute Gasteiger partial charge is 0.316 e. The molecular weight excluding hydrogens is 252 g/mol. The van der Waals surface area contributed by atoms with Crippen molar-refractivity contribution in [2.45, 2.75) is 44.9 Å². The van der Waals surface area contributed by atoms with E-state index in [1.807, 2.05) is 12.1 Å². The van der Waals surface area contributed by atoms with Gasteiger partial charge in [0.05, 0.1) is 4.92 Å². The van der Waals surface area contributed by atoms with E-state index in [-0.39, 0.29) is 10.6 Å². The molecule has 1 saturated carbocycles. The Morgan fingerprint density at radius 1 is 1.15 bits per heavy atom. The maximum atomic E-state index is 10.9. The van der Waals surface area contributed by atoms with Crippen LogP contribution < -0.4 is 5.32 Å². The Hall–Kier alpha value is -1.42. The first-order valence-corrected chi connectivity index (χ1v) is 7.70. The third-order valence-electron chi connectivity index (χ3n) is 4.21. The minimum atomic E-state index is -0.294. The minimum absolute atomic E-state index is 0.238. The van der Waals surface area contributed by atoms with Crippen LogP contribution >= 0.6 is 0 Å². The summed E-state index contributed by atoms with van der Waals surface area (Å²) >= 11 is 0. The lowest BCUT2D eigenvalue weighted by Crippen LogP contribution is -2.22. The van der Waals surface area contributed by atoms with Gasteiger partial charge in [-0.25, -0.2) is 0 Å². The van der Waals surface area contributed by atoms with Crippen molar-refractivity contribution in [1.29, 1.82) is 0 Å². The SMILES string of the molecule is O=[N+]([O-])c1ccccc1CCNCCC1CCCCC1. The highest BCUT2D eigenvalue weighted by Gasteiger charge is 2.13. The molecule has 0 aliphatic heterocycles. The molecular formula is C16H24N2O2. The van der Waals surface area contributed by atoms with Crippen molar-refractivity contribution >= 4 is 5.69 Å². The normalized spacial score (nSPS) is 16.2. The molecule has 0 heterocycles. The molecule has 1 aliphatic rings. The summed E-state index contributed by atoms with van der Waals surface area (Å²) in [7, 11) is 0. The van der Waals surface area contributed by atoms with Crippen molar-refractivity contribution in [3.63, 3.8) is 0 Å². The number of rotatable bonds is 7. The number of para-hydroxylation sites is 1. The van der Waals surface area contributed by atoms with Crippen LogP contribution in [-0.2, 0) is 6.42 Å². The Morgan fingerprint density at radius 3 is 2.65 bits per heavy atom. The number of nitrogens with zero attached hydrogens (tertiary/aromatic N) is 1. The van der Waals surface area contributed by atoms with E-state index in [0.29, 0.717) is 0 Å². The van der Waals surface area contributed by atoms with E-state index in [4.69, 9.17) is 0 Å². The highest BCUT2D eigenvalue weighted by molar-refractivity contribution is 5.39. The second kappa shape index (κ2) is 8.00. The van der Waals surface area contributed by atoms with Crippen molar-refractivity contribution in [3.8, 4) is 0 Å². The average Bonchev–Trinajstić information content (AvgIpc) is 2.48. The fraction of sp³-hybridized carbons (Fsp3) is 0.625. The van der Waals surface area contributed by atoms with E-state index in [2.05, 4.69) is 5.32 Å². The van der Waals surface area contributed by atoms with Gasteiger partial charge in [-0.15, -0.1) is 0 Å². The maximum absolute atomic E-state index is 10.9. The molecule has 1 fully saturated rings. The average molecular weight is 276 g/mol. The molecule has 1 aromatic carbocycles. The fourth-order valence-corrected chi connectivity index (χ4v) is 3.03. The Morgan fingerprint density at radius 2 is 1.90 bits per heavy atom. The summed E-state index contributed by atoms with van der Waals surface area (Å²) < 4.78 is 0. The molecule has 1 aliphatic carbocycles. The van der Waals surface area contributed by atoms with Crippen LogP contribution in [0.15, 0.2) is 24.3 Å². The lowest BCUT2D eigenvalue weighted by atomic mass is 9.87. The summed E-state index contributed by atoms with van der Waals surface area (Å²) in [6, 6.07) is 7.01. The second-order valence-corrected chi connectivity index (χ2v) is 5.68. The van der Waals surface area contributed by atoms with E-state index in [1.165, 1.54) is 38.5 Å². The Balaban J connectivity index is 1.67. The first-order valence-electron chi connectivity index (χ1n) is 7.70. The van der Waals surface area contributed by atoms with Gasteiger partial charge in [-0.1, -0.05) is 50.3 Å². The van der Waals surface area contributed by atoms with E-state index in [9.17, 15) is 10.1 Å². The number of nitro benzene ring substituents is 1. The lowest BCUT2D eigenvalue weighted by molar-refractivity contribution is -0.385. The van der Waals surface area contributed by atoms with Crippen molar-refractivity contribution in [1.82, 2.24) is 5.32 Å². The molecule has 0 saturated heterocycles. The highest BCUT2D eigenvalue weighted by Crippen LogP contribution is 2.25. The molecule has 0 aromatic heterocycles. The molecule has 2 rings (SSSR count). The van der Waals surface area contributed by atoms with Crippen LogP contribution in [0.25, 0.3) is 0 Å². The predicted octanol–water partition coefficient (Wildman–Crippen LogP) is 3.70. The van der Waals surface area contributed by atoms with Gasteiger partial charge in [0, 0.05) is 11.6 Å². The van der Waals surface area contributed by atoms with Crippen molar-refractivity contribution in [2.24, 2.45) is 5.92 Å².